The number of para-hydroxylation sites is 2. The van der Waals surface area contributed by atoms with E-state index in [1.165, 1.54) is 38.0 Å². The van der Waals surface area contributed by atoms with E-state index in [0.717, 1.165) is 72.1 Å². The normalized spacial score (nSPS) is 14.6. The molecule has 0 fully saturated rings. The van der Waals surface area contributed by atoms with Crippen LogP contribution in [0.2, 0.25) is 0 Å². The summed E-state index contributed by atoms with van der Waals surface area (Å²) in [4.78, 5) is 10.8. The number of aliphatic imine (C=N–C) groups is 2. The minimum absolute atomic E-state index is 0.504. The van der Waals surface area contributed by atoms with Crippen LogP contribution in [0.5, 0.6) is 0 Å². The molecule has 1 unspecified atom stereocenters. The second kappa shape index (κ2) is 12.0. The minimum atomic E-state index is -0.504. The lowest BCUT2D eigenvalue weighted by Gasteiger charge is -2.24. The first-order valence-electron chi connectivity index (χ1n) is 19.0. The van der Waals surface area contributed by atoms with Gasteiger partial charge in [-0.15, -0.1) is 0 Å². The molecule has 1 N–H and O–H groups in total. The second-order valence-corrected chi connectivity index (χ2v) is 14.6. The van der Waals surface area contributed by atoms with Crippen molar-refractivity contribution in [2.24, 2.45) is 9.98 Å². The van der Waals surface area contributed by atoms with Crippen LogP contribution in [0.25, 0.3) is 81.7 Å². The van der Waals surface area contributed by atoms with E-state index in [0.29, 0.717) is 0 Å². The molecule has 56 heavy (non-hydrogen) atoms. The molecule has 0 saturated carbocycles. The van der Waals surface area contributed by atoms with E-state index in [1.807, 2.05) is 24.3 Å². The number of amidine groups is 2. The Bertz CT molecular complexity index is 3480. The summed E-state index contributed by atoms with van der Waals surface area (Å²) < 4.78 is 8.73. The predicted octanol–water partition coefficient (Wildman–Crippen LogP) is 12.6. The molecule has 12 rings (SSSR count). The van der Waals surface area contributed by atoms with Gasteiger partial charge in [0.2, 0.25) is 0 Å². The van der Waals surface area contributed by atoms with Crippen molar-refractivity contribution < 1.29 is 4.42 Å². The summed E-state index contributed by atoms with van der Waals surface area (Å²) in [6.07, 6.45) is -0.504. The quantitative estimate of drug-likeness (QED) is 0.197. The molecular formula is C51H32N4O. The highest BCUT2D eigenvalue weighted by atomic mass is 16.3. The highest BCUT2D eigenvalue weighted by molar-refractivity contribution is 6.24. The molecule has 1 atom stereocenters. The lowest BCUT2D eigenvalue weighted by Crippen LogP contribution is -2.36. The fraction of sp³-hybridized carbons (Fsp3) is 0.0196. The molecule has 0 spiro atoms. The van der Waals surface area contributed by atoms with Gasteiger partial charge in [0, 0.05) is 43.9 Å². The number of benzene rings is 9. The molecule has 5 heteroatoms. The third-order valence-electron chi connectivity index (χ3n) is 11.4. The monoisotopic (exact) mass is 716 g/mol. The number of nitrogens with zero attached hydrogens (tertiary/aromatic N) is 3. The molecule has 0 saturated heterocycles. The van der Waals surface area contributed by atoms with E-state index in [1.54, 1.807) is 0 Å². The standard InChI is InChI=1S/C51H32N4O/c1-3-13-33-27-36(24-23-31(33)11-1)49-52-50(54-51(53-49)41-19-10-22-47-48(41)40-17-6-8-21-46(40)56-47)39-18-9-15-35-29-45-43(30-42(35)39)38-16-5-7-20-44(38)55(45)37-26-25-32-12-2-4-14-34(32)28-37/h1-30,50H,(H,52,53,54). The van der Waals surface area contributed by atoms with Crippen LogP contribution in [0.4, 0.5) is 0 Å². The number of hydrogen-bond acceptors (Lipinski definition) is 4. The molecule has 0 radical (unpaired) electrons. The molecule has 2 aromatic heterocycles. The maximum absolute atomic E-state index is 6.33. The molecule has 3 heterocycles. The van der Waals surface area contributed by atoms with Gasteiger partial charge in [-0.2, -0.15) is 0 Å². The van der Waals surface area contributed by atoms with Gasteiger partial charge in [-0.05, 0) is 80.8 Å². The molecule has 5 nitrogen and oxygen atoms in total. The summed E-state index contributed by atoms with van der Waals surface area (Å²) in [7, 11) is 0. The van der Waals surface area contributed by atoms with Crippen molar-refractivity contribution in [2.45, 2.75) is 6.17 Å². The Labute approximate surface area is 321 Å². The van der Waals surface area contributed by atoms with Crippen molar-refractivity contribution in [1.82, 2.24) is 9.88 Å². The molecule has 1 aliphatic heterocycles. The first-order valence-corrected chi connectivity index (χ1v) is 19.0. The van der Waals surface area contributed by atoms with Crippen molar-refractivity contribution in [3.05, 3.63) is 199 Å². The average molecular weight is 717 g/mol. The predicted molar refractivity (Wildman–Crippen MR) is 232 cm³/mol. The highest BCUT2D eigenvalue weighted by Gasteiger charge is 2.25. The maximum atomic E-state index is 6.33. The zero-order valence-corrected chi connectivity index (χ0v) is 30.1. The molecule has 1 aliphatic rings. The highest BCUT2D eigenvalue weighted by Crippen LogP contribution is 2.39. The fourth-order valence-corrected chi connectivity index (χ4v) is 8.76. The Hall–Kier alpha value is -7.50. The topological polar surface area (TPSA) is 54.8 Å². The van der Waals surface area contributed by atoms with Crippen LogP contribution in [-0.2, 0) is 0 Å². The summed E-state index contributed by atoms with van der Waals surface area (Å²) in [6.45, 7) is 0. The van der Waals surface area contributed by atoms with Crippen LogP contribution in [0.3, 0.4) is 0 Å². The fourth-order valence-electron chi connectivity index (χ4n) is 8.76. The zero-order valence-electron chi connectivity index (χ0n) is 30.1. The van der Waals surface area contributed by atoms with Gasteiger partial charge in [-0.1, -0.05) is 133 Å². The Kier molecular flexibility index (Phi) is 6.63. The second-order valence-electron chi connectivity index (χ2n) is 14.6. The van der Waals surface area contributed by atoms with E-state index in [4.69, 9.17) is 14.4 Å². The number of nitrogens with one attached hydrogen (secondary N) is 1. The molecule has 0 aliphatic carbocycles. The van der Waals surface area contributed by atoms with Crippen LogP contribution >= 0.6 is 0 Å². The van der Waals surface area contributed by atoms with E-state index in [9.17, 15) is 0 Å². The number of fused-ring (bicyclic) bond motifs is 9. The SMILES string of the molecule is c1ccc2cc(C3=NC(c4cccc5cc6c(cc45)c4ccccc4n6-c4ccc5ccccc5c4)N=C(c4cccc5oc6ccccc6c45)N3)ccc2c1. The smallest absolute Gasteiger partial charge is 0.170 e. The molecule has 0 amide bonds. The van der Waals surface area contributed by atoms with Crippen LogP contribution < -0.4 is 5.32 Å². The lowest BCUT2D eigenvalue weighted by molar-refractivity contribution is 0.669. The largest absolute Gasteiger partial charge is 0.456 e. The minimum Gasteiger partial charge on any atom is -0.456 e. The third kappa shape index (κ3) is 4.74. The Morgan fingerprint density at radius 3 is 2.00 bits per heavy atom. The van der Waals surface area contributed by atoms with Gasteiger partial charge in [0.1, 0.15) is 22.8 Å². The third-order valence-corrected chi connectivity index (χ3v) is 11.4. The van der Waals surface area contributed by atoms with Crippen molar-refractivity contribution >= 4 is 87.7 Å². The van der Waals surface area contributed by atoms with Crippen molar-refractivity contribution in [2.75, 3.05) is 0 Å². The van der Waals surface area contributed by atoms with Gasteiger partial charge in [0.25, 0.3) is 0 Å². The number of aromatic nitrogens is 1. The molecular weight excluding hydrogens is 685 g/mol. The van der Waals surface area contributed by atoms with Crippen molar-refractivity contribution in [3.8, 4) is 5.69 Å². The summed E-state index contributed by atoms with van der Waals surface area (Å²) in [6, 6.07) is 64.6. The van der Waals surface area contributed by atoms with Crippen LogP contribution in [0.1, 0.15) is 22.9 Å². The summed E-state index contributed by atoms with van der Waals surface area (Å²) in [5.41, 5.74) is 8.20. The Balaban J connectivity index is 1.09. The van der Waals surface area contributed by atoms with Crippen LogP contribution in [-0.4, -0.2) is 16.2 Å². The van der Waals surface area contributed by atoms with Gasteiger partial charge in [0.05, 0.1) is 11.0 Å². The van der Waals surface area contributed by atoms with Crippen LogP contribution in [0, 0.1) is 0 Å². The first-order chi connectivity index (χ1) is 27.7. The molecule has 262 valence electrons. The van der Waals surface area contributed by atoms with Crippen molar-refractivity contribution in [1.29, 1.82) is 0 Å². The Morgan fingerprint density at radius 1 is 0.446 bits per heavy atom. The molecule has 11 aromatic rings. The van der Waals surface area contributed by atoms with Gasteiger partial charge in [-0.3, -0.25) is 0 Å². The summed E-state index contributed by atoms with van der Waals surface area (Å²) in [5.74, 6) is 1.54. The van der Waals surface area contributed by atoms with E-state index in [2.05, 4.69) is 168 Å². The van der Waals surface area contributed by atoms with Gasteiger partial charge in [0.15, 0.2) is 6.17 Å². The summed E-state index contributed by atoms with van der Waals surface area (Å²) in [5, 5.41) is 15.3. The Morgan fingerprint density at radius 2 is 1.12 bits per heavy atom. The van der Waals surface area contributed by atoms with E-state index < -0.39 is 6.17 Å². The van der Waals surface area contributed by atoms with E-state index >= 15 is 0 Å². The van der Waals surface area contributed by atoms with Gasteiger partial charge < -0.3 is 14.3 Å². The van der Waals surface area contributed by atoms with Gasteiger partial charge >= 0.3 is 0 Å². The molecule has 9 aromatic carbocycles. The average Bonchev–Trinajstić information content (AvgIpc) is 3.80. The number of rotatable bonds is 4. The maximum Gasteiger partial charge on any atom is 0.170 e. The van der Waals surface area contributed by atoms with Crippen molar-refractivity contribution in [3.63, 3.8) is 0 Å². The van der Waals surface area contributed by atoms with E-state index in [-0.39, 0.29) is 0 Å². The number of furan rings is 1. The van der Waals surface area contributed by atoms with Gasteiger partial charge in [-0.25, -0.2) is 9.98 Å². The molecule has 0 bridgehead atoms. The number of hydrogen-bond donors (Lipinski definition) is 1. The van der Waals surface area contributed by atoms with Crippen LogP contribution in [0.15, 0.2) is 196 Å². The zero-order chi connectivity index (χ0) is 36.7. The summed E-state index contributed by atoms with van der Waals surface area (Å²) >= 11 is 0. The lowest BCUT2D eigenvalue weighted by atomic mass is 9.99. The first kappa shape index (κ1) is 30.9.